The molecule has 0 radical (unpaired) electrons. The predicted molar refractivity (Wildman–Crippen MR) is 77.5 cm³/mol. The number of rotatable bonds is 7. The molecule has 1 aromatic rings. The molecule has 0 saturated carbocycles. The quantitative estimate of drug-likeness (QED) is 0.457. The average Bonchev–Trinajstić information content (AvgIpc) is 2.43. The molecular formula is C13H15BrF2N2O3. The number of carbonyl (C=O) groups is 1. The van der Waals surface area contributed by atoms with E-state index in [1.54, 1.807) is 0 Å². The Bertz CT molecular complexity index is 540. The van der Waals surface area contributed by atoms with E-state index >= 15 is 0 Å². The smallest absolute Gasteiger partial charge is 0.305 e. The molecule has 0 heterocycles. The van der Waals surface area contributed by atoms with E-state index < -0.39 is 33.7 Å². The summed E-state index contributed by atoms with van der Waals surface area (Å²) >= 11 is 3.28. The van der Waals surface area contributed by atoms with Crippen LogP contribution >= 0.6 is 15.9 Å². The van der Waals surface area contributed by atoms with Gasteiger partial charge in [-0.15, -0.1) is 0 Å². The molecule has 8 heteroatoms. The highest BCUT2D eigenvalue weighted by molar-refractivity contribution is 9.09. The summed E-state index contributed by atoms with van der Waals surface area (Å²) in [6, 6.07) is 1.41. The van der Waals surface area contributed by atoms with Crippen molar-refractivity contribution in [1.29, 1.82) is 0 Å². The molecule has 1 N–H and O–H groups in total. The number of hydrogen-bond acceptors (Lipinski definition) is 3. The van der Waals surface area contributed by atoms with Crippen LogP contribution in [0.2, 0.25) is 0 Å². The number of nitrogens with zero attached hydrogens (tertiary/aromatic N) is 1. The van der Waals surface area contributed by atoms with Gasteiger partial charge in [0.2, 0.25) is 5.82 Å². The van der Waals surface area contributed by atoms with Gasteiger partial charge in [-0.25, -0.2) is 4.39 Å². The predicted octanol–water partition coefficient (Wildman–Crippen LogP) is 3.41. The summed E-state index contributed by atoms with van der Waals surface area (Å²) < 4.78 is 27.4. The highest BCUT2D eigenvalue weighted by atomic mass is 79.9. The van der Waals surface area contributed by atoms with Gasteiger partial charge in [0.25, 0.3) is 5.91 Å². The van der Waals surface area contributed by atoms with Crippen LogP contribution < -0.4 is 5.32 Å². The zero-order chi connectivity index (χ0) is 16.0. The Morgan fingerprint density at radius 3 is 2.67 bits per heavy atom. The van der Waals surface area contributed by atoms with E-state index in [1.807, 2.05) is 6.92 Å². The summed E-state index contributed by atoms with van der Waals surface area (Å²) in [5.74, 6) is -3.39. The third-order valence-electron chi connectivity index (χ3n) is 3.14. The van der Waals surface area contributed by atoms with Gasteiger partial charge in [-0.2, -0.15) is 4.39 Å². The lowest BCUT2D eigenvalue weighted by molar-refractivity contribution is -0.387. The maximum absolute atomic E-state index is 13.8. The lowest BCUT2D eigenvalue weighted by atomic mass is 10.0. The standard InChI is InChI=1S/C13H15BrF2N2O3/c1-2-8(5-6-14)7-17-13(19)11-9(15)3-4-10(12(11)16)18(20)21/h3-4,8H,2,5-7H2,1H3,(H,17,19). The summed E-state index contributed by atoms with van der Waals surface area (Å²) in [5.41, 5.74) is -1.84. The first-order valence-electron chi connectivity index (χ1n) is 6.38. The fourth-order valence-corrected chi connectivity index (χ4v) is 2.47. The van der Waals surface area contributed by atoms with Crippen LogP contribution in [0.15, 0.2) is 12.1 Å². The number of amides is 1. The molecule has 1 atom stereocenters. The highest BCUT2D eigenvalue weighted by Crippen LogP contribution is 2.23. The molecule has 0 aliphatic carbocycles. The van der Waals surface area contributed by atoms with Crippen molar-refractivity contribution in [2.75, 3.05) is 11.9 Å². The second-order valence-electron chi connectivity index (χ2n) is 4.47. The maximum atomic E-state index is 13.8. The molecule has 0 fully saturated rings. The number of carbonyl (C=O) groups excluding carboxylic acids is 1. The minimum atomic E-state index is -1.45. The molecule has 0 saturated heterocycles. The van der Waals surface area contributed by atoms with E-state index in [-0.39, 0.29) is 12.5 Å². The molecule has 1 unspecified atom stereocenters. The normalized spacial score (nSPS) is 12.0. The van der Waals surface area contributed by atoms with Gasteiger partial charge in [-0.3, -0.25) is 14.9 Å². The lowest BCUT2D eigenvalue weighted by Crippen LogP contribution is -2.31. The maximum Gasteiger partial charge on any atom is 0.305 e. The number of nitrogens with one attached hydrogen (secondary N) is 1. The Hall–Kier alpha value is -1.57. The van der Waals surface area contributed by atoms with E-state index in [1.165, 1.54) is 0 Å². The number of hydrogen-bond donors (Lipinski definition) is 1. The largest absolute Gasteiger partial charge is 0.352 e. The molecule has 5 nitrogen and oxygen atoms in total. The summed E-state index contributed by atoms with van der Waals surface area (Å²) in [6.07, 6.45) is 1.60. The summed E-state index contributed by atoms with van der Waals surface area (Å²) in [5, 5.41) is 13.8. The van der Waals surface area contributed by atoms with Gasteiger partial charge >= 0.3 is 5.69 Å². The third kappa shape index (κ3) is 4.45. The van der Waals surface area contributed by atoms with Crippen molar-refractivity contribution in [3.05, 3.63) is 39.4 Å². The molecule has 116 valence electrons. The van der Waals surface area contributed by atoms with Crippen LogP contribution in [0.25, 0.3) is 0 Å². The topological polar surface area (TPSA) is 72.2 Å². The van der Waals surface area contributed by atoms with Crippen LogP contribution in [0.1, 0.15) is 30.1 Å². The Kier molecular flexibility index (Phi) is 6.67. The van der Waals surface area contributed by atoms with Gasteiger partial charge in [0, 0.05) is 17.9 Å². The third-order valence-corrected chi connectivity index (χ3v) is 3.60. The molecule has 1 aromatic carbocycles. The van der Waals surface area contributed by atoms with Crippen molar-refractivity contribution < 1.29 is 18.5 Å². The van der Waals surface area contributed by atoms with Gasteiger partial charge in [0.1, 0.15) is 11.4 Å². The molecule has 0 aliphatic rings. The monoisotopic (exact) mass is 364 g/mol. The van der Waals surface area contributed by atoms with Crippen LogP contribution in [-0.4, -0.2) is 22.7 Å². The van der Waals surface area contributed by atoms with Crippen LogP contribution in [0.3, 0.4) is 0 Å². The number of benzene rings is 1. The summed E-state index contributed by atoms with van der Waals surface area (Å²) in [7, 11) is 0. The fourth-order valence-electron chi connectivity index (χ4n) is 1.82. The van der Waals surface area contributed by atoms with Crippen LogP contribution in [0.4, 0.5) is 14.5 Å². The second-order valence-corrected chi connectivity index (χ2v) is 5.27. The fraction of sp³-hybridized carbons (Fsp3) is 0.462. The van der Waals surface area contributed by atoms with Crippen LogP contribution in [-0.2, 0) is 0 Å². The van der Waals surface area contributed by atoms with E-state index in [4.69, 9.17) is 0 Å². The molecule has 1 amide bonds. The first-order chi connectivity index (χ1) is 9.92. The van der Waals surface area contributed by atoms with Crippen molar-refractivity contribution in [2.45, 2.75) is 19.8 Å². The molecule has 0 spiro atoms. The number of nitro benzene ring substituents is 1. The Morgan fingerprint density at radius 2 is 2.14 bits per heavy atom. The zero-order valence-corrected chi connectivity index (χ0v) is 13.0. The average molecular weight is 365 g/mol. The minimum Gasteiger partial charge on any atom is -0.352 e. The van der Waals surface area contributed by atoms with Crippen molar-refractivity contribution in [1.82, 2.24) is 5.32 Å². The minimum absolute atomic E-state index is 0.165. The van der Waals surface area contributed by atoms with Gasteiger partial charge in [-0.05, 0) is 18.4 Å². The van der Waals surface area contributed by atoms with Crippen LogP contribution in [0.5, 0.6) is 0 Å². The first kappa shape index (κ1) is 17.5. The van der Waals surface area contributed by atoms with Crippen LogP contribution in [0, 0.1) is 27.7 Å². The molecule has 0 aromatic heterocycles. The van der Waals surface area contributed by atoms with E-state index in [0.717, 1.165) is 18.2 Å². The number of halogens is 3. The second kappa shape index (κ2) is 8.02. The summed E-state index contributed by atoms with van der Waals surface area (Å²) in [6.45, 7) is 2.19. The molecular weight excluding hydrogens is 350 g/mol. The van der Waals surface area contributed by atoms with Gasteiger partial charge in [0.15, 0.2) is 0 Å². The Balaban J connectivity index is 2.92. The molecule has 0 aliphatic heterocycles. The van der Waals surface area contributed by atoms with Crippen molar-refractivity contribution in [3.8, 4) is 0 Å². The van der Waals surface area contributed by atoms with Crippen molar-refractivity contribution >= 4 is 27.5 Å². The molecule has 0 bridgehead atoms. The van der Waals surface area contributed by atoms with E-state index in [2.05, 4.69) is 21.2 Å². The van der Waals surface area contributed by atoms with Gasteiger partial charge in [0.05, 0.1) is 4.92 Å². The van der Waals surface area contributed by atoms with Crippen molar-refractivity contribution in [2.24, 2.45) is 5.92 Å². The SMILES string of the molecule is CCC(CCBr)CNC(=O)c1c(F)ccc([N+](=O)[O-])c1F. The van der Waals surface area contributed by atoms with Gasteiger partial charge < -0.3 is 5.32 Å². The van der Waals surface area contributed by atoms with Crippen molar-refractivity contribution in [3.63, 3.8) is 0 Å². The zero-order valence-electron chi connectivity index (χ0n) is 11.4. The molecule has 21 heavy (non-hydrogen) atoms. The first-order valence-corrected chi connectivity index (χ1v) is 7.51. The highest BCUT2D eigenvalue weighted by Gasteiger charge is 2.26. The van der Waals surface area contributed by atoms with Gasteiger partial charge in [-0.1, -0.05) is 29.3 Å². The number of nitro groups is 1. The Morgan fingerprint density at radius 1 is 1.48 bits per heavy atom. The summed E-state index contributed by atoms with van der Waals surface area (Å²) in [4.78, 5) is 21.5. The van der Waals surface area contributed by atoms with E-state index in [0.29, 0.717) is 12.1 Å². The Labute approximate surface area is 129 Å². The van der Waals surface area contributed by atoms with E-state index in [9.17, 15) is 23.7 Å². The lowest BCUT2D eigenvalue weighted by Gasteiger charge is -2.14. The molecule has 1 rings (SSSR count). The number of alkyl halides is 1.